The van der Waals surface area contributed by atoms with Crippen molar-refractivity contribution in [3.63, 3.8) is 0 Å². The topological polar surface area (TPSA) is 42.1 Å². The predicted octanol–water partition coefficient (Wildman–Crippen LogP) is 1.13. The quantitative estimate of drug-likeness (QED) is 0.740. The molecule has 0 spiro atoms. The Balaban J connectivity index is 2.53. The highest BCUT2D eigenvalue weighted by molar-refractivity contribution is 6.29. The second-order valence-electron chi connectivity index (χ2n) is 2.98. The van der Waals surface area contributed by atoms with Crippen LogP contribution in [0.1, 0.15) is 5.69 Å². The number of nitrogens with two attached hydrogens (primary N) is 1. The van der Waals surface area contributed by atoms with Crippen LogP contribution in [0.2, 0.25) is 5.15 Å². The fraction of sp³-hybridized carbons (Fsp3) is 0.444. The van der Waals surface area contributed by atoms with Crippen LogP contribution in [0.25, 0.3) is 0 Å². The smallest absolute Gasteiger partial charge is 0.129 e. The number of pyridine rings is 1. The molecule has 0 unspecified atom stereocenters. The second kappa shape index (κ2) is 5.17. The minimum Gasteiger partial charge on any atom is -0.329 e. The SMILES string of the molecule is CN(CCN)Cc1cccc(Cl)n1. The molecule has 1 aromatic rings. The molecule has 0 aliphatic rings. The van der Waals surface area contributed by atoms with Crippen molar-refractivity contribution in [2.24, 2.45) is 5.73 Å². The fourth-order valence-corrected chi connectivity index (χ4v) is 1.30. The number of hydrogen-bond donors (Lipinski definition) is 1. The van der Waals surface area contributed by atoms with E-state index in [2.05, 4.69) is 9.88 Å². The normalized spacial score (nSPS) is 10.8. The average Bonchev–Trinajstić information content (AvgIpc) is 2.04. The van der Waals surface area contributed by atoms with Crippen molar-refractivity contribution >= 4 is 11.6 Å². The van der Waals surface area contributed by atoms with Crippen LogP contribution >= 0.6 is 11.6 Å². The van der Waals surface area contributed by atoms with Crippen molar-refractivity contribution in [1.29, 1.82) is 0 Å². The summed E-state index contributed by atoms with van der Waals surface area (Å²) in [5, 5.41) is 0.540. The highest BCUT2D eigenvalue weighted by Gasteiger charge is 2.00. The van der Waals surface area contributed by atoms with E-state index in [9.17, 15) is 0 Å². The third-order valence-electron chi connectivity index (χ3n) is 1.72. The lowest BCUT2D eigenvalue weighted by Gasteiger charge is -2.14. The largest absolute Gasteiger partial charge is 0.329 e. The average molecular weight is 200 g/mol. The van der Waals surface area contributed by atoms with Crippen LogP contribution in [-0.4, -0.2) is 30.0 Å². The molecule has 4 heteroatoms. The molecule has 1 aromatic heterocycles. The summed E-state index contributed by atoms with van der Waals surface area (Å²) < 4.78 is 0. The highest BCUT2D eigenvalue weighted by atomic mass is 35.5. The van der Waals surface area contributed by atoms with Crippen LogP contribution in [-0.2, 0) is 6.54 Å². The van der Waals surface area contributed by atoms with Gasteiger partial charge in [-0.1, -0.05) is 17.7 Å². The van der Waals surface area contributed by atoms with E-state index < -0.39 is 0 Å². The van der Waals surface area contributed by atoms with Crippen molar-refractivity contribution in [3.05, 3.63) is 29.0 Å². The molecule has 2 N–H and O–H groups in total. The van der Waals surface area contributed by atoms with Crippen LogP contribution in [0, 0.1) is 0 Å². The molecular formula is C9H14ClN3. The summed E-state index contributed by atoms with van der Waals surface area (Å²) in [6.45, 7) is 2.32. The van der Waals surface area contributed by atoms with Gasteiger partial charge in [0, 0.05) is 19.6 Å². The van der Waals surface area contributed by atoms with Gasteiger partial charge in [-0.15, -0.1) is 0 Å². The molecule has 1 rings (SSSR count). The fourth-order valence-electron chi connectivity index (χ4n) is 1.11. The number of rotatable bonds is 4. The van der Waals surface area contributed by atoms with Gasteiger partial charge in [0.05, 0.1) is 5.69 Å². The summed E-state index contributed by atoms with van der Waals surface area (Å²) in [4.78, 5) is 6.29. The van der Waals surface area contributed by atoms with Gasteiger partial charge >= 0.3 is 0 Å². The van der Waals surface area contributed by atoms with Gasteiger partial charge in [-0.25, -0.2) is 4.98 Å². The zero-order chi connectivity index (χ0) is 9.68. The maximum absolute atomic E-state index is 5.75. The Bertz CT molecular complexity index is 265. The zero-order valence-corrected chi connectivity index (χ0v) is 8.46. The van der Waals surface area contributed by atoms with Gasteiger partial charge in [0.25, 0.3) is 0 Å². The molecule has 0 fully saturated rings. The Morgan fingerprint density at radius 2 is 2.31 bits per heavy atom. The van der Waals surface area contributed by atoms with Crippen molar-refractivity contribution in [2.45, 2.75) is 6.54 Å². The summed E-state index contributed by atoms with van der Waals surface area (Å²) in [5.74, 6) is 0. The van der Waals surface area contributed by atoms with Gasteiger partial charge in [-0.05, 0) is 19.2 Å². The van der Waals surface area contributed by atoms with Crippen LogP contribution in [0.15, 0.2) is 18.2 Å². The first-order chi connectivity index (χ1) is 6.22. The Morgan fingerprint density at radius 1 is 1.54 bits per heavy atom. The second-order valence-corrected chi connectivity index (χ2v) is 3.37. The lowest BCUT2D eigenvalue weighted by atomic mass is 10.3. The van der Waals surface area contributed by atoms with E-state index in [-0.39, 0.29) is 0 Å². The Hall–Kier alpha value is -0.640. The third-order valence-corrected chi connectivity index (χ3v) is 1.93. The standard InChI is InChI=1S/C9H14ClN3/c1-13(6-5-11)7-8-3-2-4-9(10)12-8/h2-4H,5-7,11H2,1H3. The highest BCUT2D eigenvalue weighted by Crippen LogP contribution is 2.06. The van der Waals surface area contributed by atoms with Crippen molar-refractivity contribution in [1.82, 2.24) is 9.88 Å². The molecular weight excluding hydrogens is 186 g/mol. The first-order valence-corrected chi connectivity index (χ1v) is 4.60. The van der Waals surface area contributed by atoms with Gasteiger partial charge in [0.1, 0.15) is 5.15 Å². The molecule has 13 heavy (non-hydrogen) atoms. The van der Waals surface area contributed by atoms with E-state index in [1.165, 1.54) is 0 Å². The summed E-state index contributed by atoms with van der Waals surface area (Å²) >= 11 is 5.75. The molecule has 0 saturated heterocycles. The molecule has 0 aliphatic carbocycles. The molecule has 1 heterocycles. The monoisotopic (exact) mass is 199 g/mol. The van der Waals surface area contributed by atoms with Crippen LogP contribution < -0.4 is 5.73 Å². The Morgan fingerprint density at radius 3 is 2.92 bits per heavy atom. The van der Waals surface area contributed by atoms with Crippen molar-refractivity contribution in [3.8, 4) is 0 Å². The Kier molecular flexibility index (Phi) is 4.15. The minimum atomic E-state index is 0.540. The molecule has 0 atom stereocenters. The Labute approximate surface area is 83.5 Å². The van der Waals surface area contributed by atoms with Crippen LogP contribution in [0.3, 0.4) is 0 Å². The number of nitrogens with zero attached hydrogens (tertiary/aromatic N) is 2. The number of aromatic nitrogens is 1. The van der Waals surface area contributed by atoms with Crippen molar-refractivity contribution < 1.29 is 0 Å². The van der Waals surface area contributed by atoms with Gasteiger partial charge in [-0.3, -0.25) is 4.90 Å². The van der Waals surface area contributed by atoms with Gasteiger partial charge in [-0.2, -0.15) is 0 Å². The van der Waals surface area contributed by atoms with Crippen LogP contribution in [0.4, 0.5) is 0 Å². The summed E-state index contributed by atoms with van der Waals surface area (Å²) in [6, 6.07) is 5.63. The maximum Gasteiger partial charge on any atom is 0.129 e. The number of hydrogen-bond acceptors (Lipinski definition) is 3. The first kappa shape index (κ1) is 10.4. The van der Waals surface area contributed by atoms with Gasteiger partial charge < -0.3 is 5.73 Å². The summed E-state index contributed by atoms with van der Waals surface area (Å²) in [6.07, 6.45) is 0. The maximum atomic E-state index is 5.75. The first-order valence-electron chi connectivity index (χ1n) is 4.22. The van der Waals surface area contributed by atoms with Crippen LogP contribution in [0.5, 0.6) is 0 Å². The molecule has 3 nitrogen and oxygen atoms in total. The predicted molar refractivity (Wildman–Crippen MR) is 54.6 cm³/mol. The van der Waals surface area contributed by atoms with E-state index in [0.717, 1.165) is 18.8 Å². The molecule has 0 aliphatic heterocycles. The van der Waals surface area contributed by atoms with E-state index in [1.807, 2.05) is 19.2 Å². The number of likely N-dealkylation sites (N-methyl/N-ethyl adjacent to an activating group) is 1. The summed E-state index contributed by atoms with van der Waals surface area (Å²) in [5.41, 5.74) is 6.40. The minimum absolute atomic E-state index is 0.540. The third kappa shape index (κ3) is 3.72. The molecule has 72 valence electrons. The van der Waals surface area contributed by atoms with E-state index in [4.69, 9.17) is 17.3 Å². The molecule has 0 amide bonds. The van der Waals surface area contributed by atoms with E-state index >= 15 is 0 Å². The molecule has 0 aromatic carbocycles. The van der Waals surface area contributed by atoms with E-state index in [0.29, 0.717) is 11.7 Å². The lowest BCUT2D eigenvalue weighted by molar-refractivity contribution is 0.332. The van der Waals surface area contributed by atoms with Gasteiger partial charge in [0.15, 0.2) is 0 Å². The van der Waals surface area contributed by atoms with Gasteiger partial charge in [0.2, 0.25) is 0 Å². The lowest BCUT2D eigenvalue weighted by Crippen LogP contribution is -2.25. The van der Waals surface area contributed by atoms with E-state index in [1.54, 1.807) is 6.07 Å². The molecule has 0 radical (unpaired) electrons. The van der Waals surface area contributed by atoms with Crippen molar-refractivity contribution in [2.75, 3.05) is 20.1 Å². The summed E-state index contributed by atoms with van der Waals surface area (Å²) in [7, 11) is 2.01. The molecule has 0 bridgehead atoms. The zero-order valence-electron chi connectivity index (χ0n) is 7.70. The molecule has 0 saturated carbocycles. The number of halogens is 1.